The SMILES string of the molecule is NC(=O)C1CN(C(=O)c2cccnc2)CCN1. The second-order valence-electron chi connectivity index (χ2n) is 3.90. The number of nitrogens with zero attached hydrogens (tertiary/aromatic N) is 2. The molecule has 3 N–H and O–H groups in total. The molecule has 1 aliphatic rings. The fourth-order valence-corrected chi connectivity index (χ4v) is 1.80. The molecule has 2 amide bonds. The van der Waals surface area contributed by atoms with Crippen molar-refractivity contribution in [3.05, 3.63) is 30.1 Å². The minimum atomic E-state index is -0.468. The summed E-state index contributed by atoms with van der Waals surface area (Å²) in [6.45, 7) is 1.44. The van der Waals surface area contributed by atoms with Crippen LogP contribution in [0.15, 0.2) is 24.5 Å². The number of piperazine rings is 1. The molecule has 1 atom stereocenters. The van der Waals surface area contributed by atoms with Crippen LogP contribution in [-0.4, -0.2) is 47.4 Å². The van der Waals surface area contributed by atoms with Gasteiger partial charge < -0.3 is 16.0 Å². The molecule has 1 unspecified atom stereocenters. The van der Waals surface area contributed by atoms with Crippen LogP contribution in [0, 0.1) is 0 Å². The Balaban J connectivity index is 2.07. The molecule has 0 aromatic carbocycles. The van der Waals surface area contributed by atoms with Gasteiger partial charge in [0, 0.05) is 32.0 Å². The van der Waals surface area contributed by atoms with Gasteiger partial charge >= 0.3 is 0 Å². The first-order valence-corrected chi connectivity index (χ1v) is 5.40. The molecule has 0 radical (unpaired) electrons. The van der Waals surface area contributed by atoms with Crippen molar-refractivity contribution in [2.24, 2.45) is 5.73 Å². The van der Waals surface area contributed by atoms with E-state index in [-0.39, 0.29) is 5.91 Å². The molecule has 1 saturated heterocycles. The van der Waals surface area contributed by atoms with Crippen molar-refractivity contribution in [3.63, 3.8) is 0 Å². The Morgan fingerprint density at radius 3 is 3.00 bits per heavy atom. The Morgan fingerprint density at radius 2 is 2.35 bits per heavy atom. The third-order valence-electron chi connectivity index (χ3n) is 2.71. The van der Waals surface area contributed by atoms with E-state index in [9.17, 15) is 9.59 Å². The van der Waals surface area contributed by atoms with Gasteiger partial charge in [0.05, 0.1) is 5.56 Å². The van der Waals surface area contributed by atoms with E-state index >= 15 is 0 Å². The van der Waals surface area contributed by atoms with Gasteiger partial charge in [0.15, 0.2) is 0 Å². The second-order valence-corrected chi connectivity index (χ2v) is 3.90. The minimum Gasteiger partial charge on any atom is -0.368 e. The Labute approximate surface area is 98.8 Å². The number of amides is 2. The summed E-state index contributed by atoms with van der Waals surface area (Å²) in [6.07, 6.45) is 3.13. The monoisotopic (exact) mass is 234 g/mol. The van der Waals surface area contributed by atoms with Crippen molar-refractivity contribution in [2.75, 3.05) is 19.6 Å². The molecule has 1 aromatic rings. The quantitative estimate of drug-likeness (QED) is 0.685. The average molecular weight is 234 g/mol. The average Bonchev–Trinajstić information content (AvgIpc) is 2.39. The molecule has 1 aromatic heterocycles. The van der Waals surface area contributed by atoms with Crippen LogP contribution < -0.4 is 11.1 Å². The first-order valence-electron chi connectivity index (χ1n) is 5.40. The normalized spacial score (nSPS) is 20.0. The van der Waals surface area contributed by atoms with Gasteiger partial charge in [-0.1, -0.05) is 0 Å². The van der Waals surface area contributed by atoms with Gasteiger partial charge in [-0.25, -0.2) is 0 Å². The second kappa shape index (κ2) is 4.92. The highest BCUT2D eigenvalue weighted by atomic mass is 16.2. The number of carbonyl (C=O) groups is 2. The van der Waals surface area contributed by atoms with E-state index in [0.29, 0.717) is 25.2 Å². The van der Waals surface area contributed by atoms with E-state index in [1.54, 1.807) is 23.2 Å². The molecule has 6 nitrogen and oxygen atoms in total. The third kappa shape index (κ3) is 2.59. The van der Waals surface area contributed by atoms with Gasteiger partial charge in [-0.15, -0.1) is 0 Å². The highest BCUT2D eigenvalue weighted by Crippen LogP contribution is 2.06. The summed E-state index contributed by atoms with van der Waals surface area (Å²) >= 11 is 0. The maximum Gasteiger partial charge on any atom is 0.255 e. The molecule has 1 fully saturated rings. The molecule has 6 heteroatoms. The number of nitrogens with two attached hydrogens (primary N) is 1. The Hall–Kier alpha value is -1.95. The number of carbonyl (C=O) groups excluding carboxylic acids is 2. The third-order valence-corrected chi connectivity index (χ3v) is 2.71. The van der Waals surface area contributed by atoms with Gasteiger partial charge in [-0.05, 0) is 12.1 Å². The van der Waals surface area contributed by atoms with Crippen molar-refractivity contribution in [1.29, 1.82) is 0 Å². The summed E-state index contributed by atoms with van der Waals surface area (Å²) in [4.78, 5) is 28.7. The molecule has 1 aliphatic heterocycles. The van der Waals surface area contributed by atoms with Crippen LogP contribution in [0.5, 0.6) is 0 Å². The molecule has 2 heterocycles. The fraction of sp³-hybridized carbons (Fsp3) is 0.364. The molecule has 0 bridgehead atoms. The van der Waals surface area contributed by atoms with E-state index in [0.717, 1.165) is 0 Å². The van der Waals surface area contributed by atoms with Gasteiger partial charge in [0.1, 0.15) is 6.04 Å². The number of nitrogens with one attached hydrogen (secondary N) is 1. The zero-order valence-electron chi connectivity index (χ0n) is 9.30. The summed E-state index contributed by atoms with van der Waals surface area (Å²) < 4.78 is 0. The lowest BCUT2D eigenvalue weighted by atomic mass is 10.1. The van der Waals surface area contributed by atoms with Gasteiger partial charge in [-0.3, -0.25) is 14.6 Å². The molecule has 0 spiro atoms. The fourth-order valence-electron chi connectivity index (χ4n) is 1.80. The van der Waals surface area contributed by atoms with Gasteiger partial charge in [0.2, 0.25) is 5.91 Å². The smallest absolute Gasteiger partial charge is 0.255 e. The van der Waals surface area contributed by atoms with Crippen LogP contribution in [-0.2, 0) is 4.79 Å². The molecule has 0 aliphatic carbocycles. The topological polar surface area (TPSA) is 88.3 Å². The van der Waals surface area contributed by atoms with Crippen molar-refractivity contribution in [3.8, 4) is 0 Å². The van der Waals surface area contributed by atoms with Crippen molar-refractivity contribution >= 4 is 11.8 Å². The summed E-state index contributed by atoms with van der Waals surface area (Å²) in [5, 5.41) is 2.97. The van der Waals surface area contributed by atoms with E-state index < -0.39 is 11.9 Å². The van der Waals surface area contributed by atoms with Gasteiger partial charge in [0.25, 0.3) is 5.91 Å². The van der Waals surface area contributed by atoms with Crippen LogP contribution in [0.3, 0.4) is 0 Å². The first kappa shape index (κ1) is 11.5. The molecular formula is C11H14N4O2. The van der Waals surface area contributed by atoms with E-state index in [4.69, 9.17) is 5.73 Å². The summed E-state index contributed by atoms with van der Waals surface area (Å²) in [7, 11) is 0. The Kier molecular flexibility index (Phi) is 3.34. The predicted molar refractivity (Wildman–Crippen MR) is 61.1 cm³/mol. The molecule has 17 heavy (non-hydrogen) atoms. The van der Waals surface area contributed by atoms with Crippen molar-refractivity contribution < 1.29 is 9.59 Å². The predicted octanol–water partition coefficient (Wildman–Crippen LogP) is -1.02. The van der Waals surface area contributed by atoms with Crippen LogP contribution in [0.25, 0.3) is 0 Å². The number of hydrogen-bond donors (Lipinski definition) is 2. The zero-order valence-corrected chi connectivity index (χ0v) is 9.30. The van der Waals surface area contributed by atoms with Crippen LogP contribution >= 0.6 is 0 Å². The number of pyridine rings is 1. The van der Waals surface area contributed by atoms with Crippen molar-refractivity contribution in [2.45, 2.75) is 6.04 Å². The van der Waals surface area contributed by atoms with Crippen LogP contribution in [0.4, 0.5) is 0 Å². The Bertz CT molecular complexity index is 421. The molecule has 2 rings (SSSR count). The molecule has 90 valence electrons. The lowest BCUT2D eigenvalue weighted by Crippen LogP contribution is -2.57. The largest absolute Gasteiger partial charge is 0.368 e. The number of rotatable bonds is 2. The standard InChI is InChI=1S/C11H14N4O2/c12-10(16)9-7-15(5-4-14-9)11(17)8-2-1-3-13-6-8/h1-3,6,9,14H,4-5,7H2,(H2,12,16). The van der Waals surface area contributed by atoms with E-state index in [1.165, 1.54) is 6.20 Å². The number of primary amides is 1. The molecule has 0 saturated carbocycles. The van der Waals surface area contributed by atoms with Crippen LogP contribution in [0.2, 0.25) is 0 Å². The maximum absolute atomic E-state index is 12.1. The van der Waals surface area contributed by atoms with Crippen LogP contribution in [0.1, 0.15) is 10.4 Å². The zero-order chi connectivity index (χ0) is 12.3. The van der Waals surface area contributed by atoms with E-state index in [2.05, 4.69) is 10.3 Å². The highest BCUT2D eigenvalue weighted by molar-refractivity contribution is 5.94. The first-order chi connectivity index (χ1) is 8.18. The summed E-state index contributed by atoms with van der Waals surface area (Å²) in [6, 6.07) is 2.95. The van der Waals surface area contributed by atoms with E-state index in [1.807, 2.05) is 0 Å². The minimum absolute atomic E-state index is 0.120. The van der Waals surface area contributed by atoms with Crippen molar-refractivity contribution in [1.82, 2.24) is 15.2 Å². The lowest BCUT2D eigenvalue weighted by Gasteiger charge is -2.32. The Morgan fingerprint density at radius 1 is 1.53 bits per heavy atom. The number of aromatic nitrogens is 1. The highest BCUT2D eigenvalue weighted by Gasteiger charge is 2.26. The summed E-state index contributed by atoms with van der Waals surface area (Å²) in [5.41, 5.74) is 5.74. The lowest BCUT2D eigenvalue weighted by molar-refractivity contribution is -0.120. The van der Waals surface area contributed by atoms with Gasteiger partial charge in [-0.2, -0.15) is 0 Å². The molecular weight excluding hydrogens is 220 g/mol. The summed E-state index contributed by atoms with van der Waals surface area (Å²) in [5.74, 6) is -0.556. The number of hydrogen-bond acceptors (Lipinski definition) is 4. The maximum atomic E-state index is 12.1.